The Morgan fingerprint density at radius 2 is 2.13 bits per heavy atom. The molecule has 9 heteroatoms. The summed E-state index contributed by atoms with van der Waals surface area (Å²) in [5.41, 5.74) is 2.01. The van der Waals surface area contributed by atoms with Crippen LogP contribution in [-0.2, 0) is 22.5 Å². The highest BCUT2D eigenvalue weighted by molar-refractivity contribution is 7.16. The van der Waals surface area contributed by atoms with Crippen LogP contribution in [0.4, 0.5) is 9.80 Å². The molecule has 0 saturated heterocycles. The Kier molecular flexibility index (Phi) is 7.15. The van der Waals surface area contributed by atoms with E-state index in [1.54, 1.807) is 43.2 Å². The van der Waals surface area contributed by atoms with Gasteiger partial charge in [0.15, 0.2) is 11.5 Å². The average molecular weight is 442 g/mol. The molecule has 1 aliphatic heterocycles. The molecule has 0 bridgehead atoms. The minimum absolute atomic E-state index is 0.307. The third-order valence-corrected chi connectivity index (χ3v) is 5.91. The first-order valence-electron chi connectivity index (χ1n) is 9.68. The number of amides is 2. The summed E-state index contributed by atoms with van der Waals surface area (Å²) in [5.74, 6) is 0.716. The maximum Gasteiger partial charge on any atom is 0.410 e. The van der Waals surface area contributed by atoms with Crippen LogP contribution in [-0.4, -0.2) is 44.3 Å². The zero-order valence-corrected chi connectivity index (χ0v) is 18.4. The number of hydrogen-bond donors (Lipinski definition) is 1. The van der Waals surface area contributed by atoms with Gasteiger partial charge in [0.2, 0.25) is 5.91 Å². The molecule has 1 N–H and O–H groups in total. The SMILES string of the molecule is CCOC(=O)N1CCc2c(sc(NC(=O)C=Cc3cccc(OC)c3OC)c2C#N)C1. The van der Waals surface area contributed by atoms with Crippen LogP contribution in [0.25, 0.3) is 6.08 Å². The minimum Gasteiger partial charge on any atom is -0.493 e. The fourth-order valence-corrected chi connectivity index (χ4v) is 4.56. The van der Waals surface area contributed by atoms with Gasteiger partial charge in [0.05, 0.1) is 32.9 Å². The van der Waals surface area contributed by atoms with Crippen LogP contribution in [0.1, 0.15) is 28.5 Å². The Bertz CT molecular complexity index is 1050. The maximum atomic E-state index is 12.5. The fourth-order valence-electron chi connectivity index (χ4n) is 3.34. The largest absolute Gasteiger partial charge is 0.493 e. The van der Waals surface area contributed by atoms with Crippen molar-refractivity contribution < 1.29 is 23.8 Å². The molecule has 2 amide bonds. The second-order valence-electron chi connectivity index (χ2n) is 6.60. The lowest BCUT2D eigenvalue weighted by atomic mass is 10.0. The molecule has 0 atom stereocenters. The Labute approximate surface area is 184 Å². The third kappa shape index (κ3) is 4.81. The zero-order chi connectivity index (χ0) is 22.4. The molecule has 0 spiro atoms. The molecule has 1 aromatic carbocycles. The number of anilines is 1. The van der Waals surface area contributed by atoms with Gasteiger partial charge in [-0.15, -0.1) is 11.3 Å². The van der Waals surface area contributed by atoms with E-state index in [4.69, 9.17) is 14.2 Å². The highest BCUT2D eigenvalue weighted by Crippen LogP contribution is 2.37. The molecule has 1 aromatic heterocycles. The number of ether oxygens (including phenoxy) is 3. The number of methoxy groups -OCH3 is 2. The number of benzene rings is 1. The average Bonchev–Trinajstić information content (AvgIpc) is 3.13. The van der Waals surface area contributed by atoms with Gasteiger partial charge in [0, 0.05) is 23.1 Å². The van der Waals surface area contributed by atoms with Crippen LogP contribution in [0.2, 0.25) is 0 Å². The van der Waals surface area contributed by atoms with E-state index in [1.165, 1.54) is 24.5 Å². The van der Waals surface area contributed by atoms with E-state index in [2.05, 4.69) is 11.4 Å². The predicted molar refractivity (Wildman–Crippen MR) is 117 cm³/mol. The summed E-state index contributed by atoms with van der Waals surface area (Å²) in [4.78, 5) is 27.0. The lowest BCUT2D eigenvalue weighted by Gasteiger charge is -2.25. The van der Waals surface area contributed by atoms with Gasteiger partial charge in [-0.05, 0) is 31.1 Å². The lowest BCUT2D eigenvalue weighted by Crippen LogP contribution is -2.35. The van der Waals surface area contributed by atoms with E-state index in [0.29, 0.717) is 53.7 Å². The van der Waals surface area contributed by atoms with Crippen LogP contribution in [0.5, 0.6) is 11.5 Å². The molecule has 162 valence electrons. The molecule has 2 heterocycles. The molecule has 31 heavy (non-hydrogen) atoms. The van der Waals surface area contributed by atoms with E-state index >= 15 is 0 Å². The molecule has 0 saturated carbocycles. The van der Waals surface area contributed by atoms with Crippen molar-refractivity contribution in [3.8, 4) is 17.6 Å². The van der Waals surface area contributed by atoms with E-state index in [-0.39, 0.29) is 12.0 Å². The summed E-state index contributed by atoms with van der Waals surface area (Å²) in [5, 5.41) is 12.9. The number of hydrogen-bond acceptors (Lipinski definition) is 7. The van der Waals surface area contributed by atoms with Gasteiger partial charge in [-0.1, -0.05) is 12.1 Å². The van der Waals surface area contributed by atoms with Crippen LogP contribution in [0, 0.1) is 11.3 Å². The summed E-state index contributed by atoms with van der Waals surface area (Å²) in [6.07, 6.45) is 3.17. The Morgan fingerprint density at radius 1 is 1.32 bits per heavy atom. The number of para-hydroxylation sites is 1. The molecule has 2 aromatic rings. The highest BCUT2D eigenvalue weighted by atomic mass is 32.1. The first kappa shape index (κ1) is 22.2. The molecule has 8 nitrogen and oxygen atoms in total. The third-order valence-electron chi connectivity index (χ3n) is 4.78. The first-order chi connectivity index (χ1) is 15.0. The van der Waals surface area contributed by atoms with Crippen molar-refractivity contribution in [2.45, 2.75) is 19.9 Å². The monoisotopic (exact) mass is 441 g/mol. The van der Waals surface area contributed by atoms with Gasteiger partial charge in [-0.3, -0.25) is 4.79 Å². The Balaban J connectivity index is 1.77. The number of carbonyl (C=O) groups is 2. The van der Waals surface area contributed by atoms with E-state index in [9.17, 15) is 14.9 Å². The number of nitriles is 1. The van der Waals surface area contributed by atoms with Crippen molar-refractivity contribution in [2.24, 2.45) is 0 Å². The van der Waals surface area contributed by atoms with Crippen LogP contribution >= 0.6 is 11.3 Å². The smallest absolute Gasteiger partial charge is 0.410 e. The summed E-state index contributed by atoms with van der Waals surface area (Å²) < 4.78 is 15.7. The van der Waals surface area contributed by atoms with Crippen molar-refractivity contribution in [2.75, 3.05) is 32.7 Å². The number of fused-ring (bicyclic) bond motifs is 1. The van der Waals surface area contributed by atoms with Crippen LogP contribution in [0.3, 0.4) is 0 Å². The lowest BCUT2D eigenvalue weighted by molar-refractivity contribution is -0.111. The second kappa shape index (κ2) is 10.00. The molecule has 0 aliphatic carbocycles. The first-order valence-corrected chi connectivity index (χ1v) is 10.5. The van der Waals surface area contributed by atoms with Gasteiger partial charge in [0.1, 0.15) is 11.1 Å². The van der Waals surface area contributed by atoms with Gasteiger partial charge in [-0.2, -0.15) is 5.26 Å². The predicted octanol–water partition coefficient (Wildman–Crippen LogP) is 3.80. The van der Waals surface area contributed by atoms with Crippen LogP contribution in [0.15, 0.2) is 24.3 Å². The Hall–Kier alpha value is -3.51. The maximum absolute atomic E-state index is 12.5. The van der Waals surface area contributed by atoms with Gasteiger partial charge >= 0.3 is 6.09 Å². The van der Waals surface area contributed by atoms with Crippen LogP contribution < -0.4 is 14.8 Å². The van der Waals surface area contributed by atoms with Crippen molar-refractivity contribution in [3.63, 3.8) is 0 Å². The number of nitrogens with zero attached hydrogens (tertiary/aromatic N) is 2. The Morgan fingerprint density at radius 3 is 2.81 bits per heavy atom. The summed E-state index contributed by atoms with van der Waals surface area (Å²) in [6, 6.07) is 7.56. The normalized spacial score (nSPS) is 12.8. The molecular weight excluding hydrogens is 418 g/mol. The van der Waals surface area contributed by atoms with Crippen molar-refractivity contribution in [1.29, 1.82) is 5.26 Å². The molecule has 0 fully saturated rings. The number of thiophene rings is 1. The molecular formula is C22H23N3O5S. The number of rotatable bonds is 6. The topological polar surface area (TPSA) is 101 Å². The number of nitrogens with one attached hydrogen (secondary N) is 1. The summed E-state index contributed by atoms with van der Waals surface area (Å²) >= 11 is 1.31. The van der Waals surface area contributed by atoms with Gasteiger partial charge in [-0.25, -0.2) is 4.79 Å². The molecule has 0 radical (unpaired) electrons. The van der Waals surface area contributed by atoms with Crippen molar-refractivity contribution in [1.82, 2.24) is 4.90 Å². The minimum atomic E-state index is -0.374. The zero-order valence-electron chi connectivity index (χ0n) is 17.6. The quantitative estimate of drug-likeness (QED) is 0.684. The summed E-state index contributed by atoms with van der Waals surface area (Å²) in [7, 11) is 3.08. The van der Waals surface area contributed by atoms with Gasteiger partial charge < -0.3 is 24.4 Å². The summed E-state index contributed by atoms with van der Waals surface area (Å²) in [6.45, 7) is 2.90. The fraction of sp³-hybridized carbons (Fsp3) is 0.318. The molecule has 0 unspecified atom stereocenters. The van der Waals surface area contributed by atoms with Gasteiger partial charge in [0.25, 0.3) is 0 Å². The van der Waals surface area contributed by atoms with E-state index in [1.807, 2.05) is 0 Å². The second-order valence-corrected chi connectivity index (χ2v) is 7.70. The standard InChI is InChI=1S/C22H23N3O5S/c1-4-30-22(27)25-11-10-15-16(12-23)21(31-18(15)13-25)24-19(26)9-8-14-6-5-7-17(28-2)20(14)29-3/h5-9H,4,10-11,13H2,1-3H3,(H,24,26). The van der Waals surface area contributed by atoms with Crippen molar-refractivity contribution in [3.05, 3.63) is 45.8 Å². The van der Waals surface area contributed by atoms with E-state index < -0.39 is 0 Å². The molecule has 1 aliphatic rings. The number of carbonyl (C=O) groups excluding carboxylic acids is 2. The van der Waals surface area contributed by atoms with Crippen molar-refractivity contribution >= 4 is 34.4 Å². The highest BCUT2D eigenvalue weighted by Gasteiger charge is 2.28. The van der Waals surface area contributed by atoms with E-state index in [0.717, 1.165) is 10.4 Å². The molecule has 3 rings (SSSR count).